The van der Waals surface area contributed by atoms with Gasteiger partial charge in [0.25, 0.3) is 0 Å². The molecule has 140 valence electrons. The average molecular weight is 368 g/mol. The van der Waals surface area contributed by atoms with Gasteiger partial charge in [-0.15, -0.1) is 0 Å². The van der Waals surface area contributed by atoms with Gasteiger partial charge in [0.05, 0.1) is 18.8 Å². The minimum atomic E-state index is -1.39. The number of carboxylic acids is 1. The number of carboxylic acid groups (broad SMARTS) is 1. The standard InChI is InChI=1S/C19H19N3O5/c1-3-27-16-8-7-13(10-15(16)19(25)26)11-20-22-18(24)17(23)21-14-6-4-5-12(2)9-14/h4-11H,3H2,1-2H3,(H,21,23)(H,22,24)(H,25,26)/p-1/b20-11-. The van der Waals surface area contributed by atoms with Crippen LogP contribution >= 0.6 is 0 Å². The van der Waals surface area contributed by atoms with Crippen LogP contribution in [0.4, 0.5) is 5.69 Å². The van der Waals surface area contributed by atoms with Crippen molar-refractivity contribution < 1.29 is 24.2 Å². The first-order valence-corrected chi connectivity index (χ1v) is 8.10. The fourth-order valence-corrected chi connectivity index (χ4v) is 2.20. The summed E-state index contributed by atoms with van der Waals surface area (Å²) in [4.78, 5) is 34.8. The number of hydrogen-bond acceptors (Lipinski definition) is 6. The van der Waals surface area contributed by atoms with Crippen molar-refractivity contribution in [1.82, 2.24) is 5.43 Å². The van der Waals surface area contributed by atoms with Crippen LogP contribution in [0, 0.1) is 6.92 Å². The molecule has 2 aromatic rings. The Bertz CT molecular complexity index is 893. The zero-order valence-corrected chi connectivity index (χ0v) is 14.8. The number of hydrogen-bond donors (Lipinski definition) is 2. The molecule has 0 unspecified atom stereocenters. The third-order valence-electron chi connectivity index (χ3n) is 3.39. The fourth-order valence-electron chi connectivity index (χ4n) is 2.20. The minimum Gasteiger partial charge on any atom is -0.545 e. The predicted octanol–water partition coefficient (Wildman–Crippen LogP) is 0.846. The second-order valence-corrected chi connectivity index (χ2v) is 5.50. The van der Waals surface area contributed by atoms with Crippen molar-refractivity contribution in [3.8, 4) is 5.75 Å². The molecule has 2 aromatic carbocycles. The summed E-state index contributed by atoms with van der Waals surface area (Å²) in [5.41, 5.74) is 3.76. The van der Waals surface area contributed by atoms with Crippen LogP contribution in [0.2, 0.25) is 0 Å². The number of carbonyl (C=O) groups excluding carboxylic acids is 3. The van der Waals surface area contributed by atoms with Crippen molar-refractivity contribution in [2.24, 2.45) is 5.10 Å². The summed E-state index contributed by atoms with van der Waals surface area (Å²) in [6, 6.07) is 11.3. The van der Waals surface area contributed by atoms with Crippen LogP contribution < -0.4 is 20.6 Å². The van der Waals surface area contributed by atoms with Crippen molar-refractivity contribution >= 4 is 29.7 Å². The maximum absolute atomic E-state index is 11.8. The molecule has 2 rings (SSSR count). The summed E-state index contributed by atoms with van der Waals surface area (Å²) in [7, 11) is 0. The summed E-state index contributed by atoms with van der Waals surface area (Å²) >= 11 is 0. The zero-order valence-electron chi connectivity index (χ0n) is 14.8. The summed E-state index contributed by atoms with van der Waals surface area (Å²) in [6.45, 7) is 3.89. The summed E-state index contributed by atoms with van der Waals surface area (Å²) < 4.78 is 5.20. The van der Waals surface area contributed by atoms with Gasteiger partial charge in [-0.05, 0) is 55.3 Å². The highest BCUT2D eigenvalue weighted by Gasteiger charge is 2.12. The molecule has 0 spiro atoms. The number of anilines is 1. The fraction of sp³-hybridized carbons (Fsp3) is 0.158. The summed E-state index contributed by atoms with van der Waals surface area (Å²) in [5.74, 6) is -3.05. The second kappa shape index (κ2) is 9.14. The van der Waals surface area contributed by atoms with Gasteiger partial charge in [-0.3, -0.25) is 9.59 Å². The minimum absolute atomic E-state index is 0.135. The smallest absolute Gasteiger partial charge is 0.329 e. The van der Waals surface area contributed by atoms with E-state index in [1.54, 1.807) is 31.2 Å². The Kier molecular flexibility index (Phi) is 6.65. The molecule has 0 fully saturated rings. The van der Waals surface area contributed by atoms with Crippen molar-refractivity contribution in [1.29, 1.82) is 0 Å². The van der Waals surface area contributed by atoms with Crippen LogP contribution in [-0.4, -0.2) is 30.6 Å². The number of ether oxygens (including phenoxy) is 1. The van der Waals surface area contributed by atoms with E-state index in [-0.39, 0.29) is 11.3 Å². The number of hydrazone groups is 1. The maximum Gasteiger partial charge on any atom is 0.329 e. The van der Waals surface area contributed by atoms with Gasteiger partial charge in [0.1, 0.15) is 5.75 Å². The lowest BCUT2D eigenvalue weighted by Gasteiger charge is -2.11. The van der Waals surface area contributed by atoms with E-state index in [1.807, 2.05) is 13.0 Å². The van der Waals surface area contributed by atoms with Crippen molar-refractivity contribution in [2.45, 2.75) is 13.8 Å². The third-order valence-corrected chi connectivity index (χ3v) is 3.39. The molecule has 0 atom stereocenters. The monoisotopic (exact) mass is 368 g/mol. The molecule has 27 heavy (non-hydrogen) atoms. The largest absolute Gasteiger partial charge is 0.545 e. The predicted molar refractivity (Wildman–Crippen MR) is 97.5 cm³/mol. The molecule has 0 aliphatic heterocycles. The zero-order chi connectivity index (χ0) is 19.8. The van der Waals surface area contributed by atoms with Gasteiger partial charge in [-0.25, -0.2) is 5.43 Å². The Morgan fingerprint density at radius 1 is 1.15 bits per heavy atom. The molecule has 0 bridgehead atoms. The van der Waals surface area contributed by atoms with E-state index in [0.29, 0.717) is 17.9 Å². The molecule has 0 heterocycles. The molecule has 0 aliphatic carbocycles. The molecule has 0 radical (unpaired) electrons. The molecule has 0 saturated carbocycles. The molecule has 2 amide bonds. The van der Waals surface area contributed by atoms with Crippen LogP contribution in [0.25, 0.3) is 0 Å². The lowest BCUT2D eigenvalue weighted by molar-refractivity contribution is -0.255. The van der Waals surface area contributed by atoms with E-state index in [1.165, 1.54) is 18.3 Å². The number of nitrogens with zero attached hydrogens (tertiary/aromatic N) is 1. The van der Waals surface area contributed by atoms with Gasteiger partial charge in [-0.2, -0.15) is 5.10 Å². The highest BCUT2D eigenvalue weighted by molar-refractivity contribution is 6.39. The second-order valence-electron chi connectivity index (χ2n) is 5.50. The molecule has 8 heteroatoms. The Labute approximate surface area is 155 Å². The number of amides is 2. The SMILES string of the molecule is CCOc1ccc(/C=N\NC(=O)C(=O)Nc2cccc(C)c2)cc1C(=O)[O-]. The first-order chi connectivity index (χ1) is 12.9. The van der Waals surface area contributed by atoms with E-state index in [9.17, 15) is 19.5 Å². The van der Waals surface area contributed by atoms with Gasteiger partial charge < -0.3 is 20.0 Å². The van der Waals surface area contributed by atoms with E-state index in [2.05, 4.69) is 15.8 Å². The quantitative estimate of drug-likeness (QED) is 0.445. The Hall–Kier alpha value is -3.68. The average Bonchev–Trinajstić information content (AvgIpc) is 2.62. The molecule has 0 aliphatic rings. The number of benzene rings is 2. The number of aryl methyl sites for hydroxylation is 1. The first kappa shape index (κ1) is 19.6. The third kappa shape index (κ3) is 5.67. The van der Waals surface area contributed by atoms with Crippen LogP contribution in [-0.2, 0) is 9.59 Å². The normalized spacial score (nSPS) is 10.4. The highest BCUT2D eigenvalue weighted by Crippen LogP contribution is 2.19. The maximum atomic E-state index is 11.8. The van der Waals surface area contributed by atoms with E-state index in [4.69, 9.17) is 4.74 Å². The Balaban J connectivity index is 1.99. The van der Waals surface area contributed by atoms with Gasteiger partial charge in [-0.1, -0.05) is 12.1 Å². The summed E-state index contributed by atoms with van der Waals surface area (Å²) in [5, 5.41) is 17.3. The highest BCUT2D eigenvalue weighted by atomic mass is 16.5. The number of rotatable bonds is 6. The van der Waals surface area contributed by atoms with Crippen LogP contribution in [0.5, 0.6) is 5.75 Å². The molecule has 0 aromatic heterocycles. The summed E-state index contributed by atoms with van der Waals surface area (Å²) in [6.07, 6.45) is 1.21. The number of aromatic carboxylic acids is 1. The van der Waals surface area contributed by atoms with Crippen molar-refractivity contribution in [3.63, 3.8) is 0 Å². The lowest BCUT2D eigenvalue weighted by Crippen LogP contribution is -2.32. The van der Waals surface area contributed by atoms with Crippen LogP contribution in [0.15, 0.2) is 47.6 Å². The molecule has 0 saturated heterocycles. The van der Waals surface area contributed by atoms with Crippen LogP contribution in [0.3, 0.4) is 0 Å². The molecular weight excluding hydrogens is 350 g/mol. The van der Waals surface area contributed by atoms with Crippen molar-refractivity contribution in [3.05, 3.63) is 59.2 Å². The van der Waals surface area contributed by atoms with E-state index < -0.39 is 17.8 Å². The van der Waals surface area contributed by atoms with E-state index >= 15 is 0 Å². The van der Waals surface area contributed by atoms with Gasteiger partial charge in [0.15, 0.2) is 0 Å². The molecule has 2 N–H and O–H groups in total. The molecule has 8 nitrogen and oxygen atoms in total. The lowest BCUT2D eigenvalue weighted by atomic mass is 10.1. The van der Waals surface area contributed by atoms with Crippen LogP contribution in [0.1, 0.15) is 28.4 Å². The first-order valence-electron chi connectivity index (χ1n) is 8.10. The van der Waals surface area contributed by atoms with E-state index in [0.717, 1.165) is 5.56 Å². The number of nitrogens with one attached hydrogen (secondary N) is 2. The van der Waals surface area contributed by atoms with Gasteiger partial charge in [0.2, 0.25) is 0 Å². The van der Waals surface area contributed by atoms with Gasteiger partial charge in [0, 0.05) is 11.3 Å². The topological polar surface area (TPSA) is 120 Å². The van der Waals surface area contributed by atoms with Gasteiger partial charge >= 0.3 is 11.8 Å². The Morgan fingerprint density at radius 3 is 2.59 bits per heavy atom. The van der Waals surface area contributed by atoms with Crippen molar-refractivity contribution in [2.75, 3.05) is 11.9 Å². The molecular formula is C19H18N3O5-. The number of carbonyl (C=O) groups is 3. The Morgan fingerprint density at radius 2 is 1.93 bits per heavy atom.